The van der Waals surface area contributed by atoms with E-state index in [1.165, 1.54) is 5.69 Å². The molecule has 2 aromatic carbocycles. The summed E-state index contributed by atoms with van der Waals surface area (Å²) in [5, 5.41) is 3.43. The summed E-state index contributed by atoms with van der Waals surface area (Å²) in [7, 11) is 4.87. The molecule has 162 valence electrons. The first-order chi connectivity index (χ1) is 14.7. The van der Waals surface area contributed by atoms with E-state index >= 15 is 0 Å². The number of piperazine rings is 1. The lowest BCUT2D eigenvalue weighted by molar-refractivity contribution is 0.322. The molecule has 0 saturated carbocycles. The van der Waals surface area contributed by atoms with Crippen LogP contribution in [0.5, 0.6) is 17.2 Å². The number of benzene rings is 2. The van der Waals surface area contributed by atoms with Crippen LogP contribution in [0.25, 0.3) is 0 Å². The molecule has 1 aliphatic heterocycles. The summed E-state index contributed by atoms with van der Waals surface area (Å²) in [5.74, 6) is 2.81. The molecule has 1 fully saturated rings. The molecule has 0 aromatic heterocycles. The molecule has 2 aromatic rings. The minimum absolute atomic E-state index is 0.491. The second-order valence-electron chi connectivity index (χ2n) is 6.97. The lowest BCUT2D eigenvalue weighted by Crippen LogP contribution is -2.52. The molecule has 0 aliphatic carbocycles. The van der Waals surface area contributed by atoms with E-state index < -0.39 is 0 Å². The number of aliphatic imine (C=N–C) groups is 1. The van der Waals surface area contributed by atoms with Crippen LogP contribution >= 0.6 is 0 Å². The molecule has 7 heteroatoms. The van der Waals surface area contributed by atoms with Crippen molar-refractivity contribution in [1.82, 2.24) is 10.2 Å². The zero-order valence-corrected chi connectivity index (χ0v) is 18.4. The summed E-state index contributed by atoms with van der Waals surface area (Å²) in [6, 6.07) is 14.4. The monoisotopic (exact) mass is 412 g/mol. The van der Waals surface area contributed by atoms with Gasteiger partial charge in [-0.15, -0.1) is 0 Å². The van der Waals surface area contributed by atoms with Gasteiger partial charge in [0, 0.05) is 44.0 Å². The van der Waals surface area contributed by atoms with Crippen LogP contribution in [0.2, 0.25) is 0 Å². The Morgan fingerprint density at radius 1 is 0.900 bits per heavy atom. The Hall–Kier alpha value is -3.09. The van der Waals surface area contributed by atoms with E-state index in [0.717, 1.165) is 44.2 Å². The zero-order chi connectivity index (χ0) is 21.3. The van der Waals surface area contributed by atoms with Crippen molar-refractivity contribution >= 4 is 11.6 Å². The van der Waals surface area contributed by atoms with E-state index in [1.807, 2.05) is 12.1 Å². The van der Waals surface area contributed by atoms with Crippen molar-refractivity contribution in [2.75, 3.05) is 59.0 Å². The van der Waals surface area contributed by atoms with Gasteiger partial charge in [-0.3, -0.25) is 0 Å². The van der Waals surface area contributed by atoms with Gasteiger partial charge in [0.2, 0.25) is 5.75 Å². The molecule has 0 spiro atoms. The lowest BCUT2D eigenvalue weighted by atomic mass is 10.1. The zero-order valence-electron chi connectivity index (χ0n) is 18.4. The fraction of sp³-hybridized carbons (Fsp3) is 0.435. The molecule has 1 heterocycles. The third-order valence-electron chi connectivity index (χ3n) is 5.22. The number of ether oxygens (including phenoxy) is 3. The summed E-state index contributed by atoms with van der Waals surface area (Å²) in [5.41, 5.74) is 2.22. The van der Waals surface area contributed by atoms with Crippen LogP contribution in [0.3, 0.4) is 0 Å². The lowest BCUT2D eigenvalue weighted by Gasteiger charge is -2.37. The topological polar surface area (TPSA) is 58.6 Å². The Morgan fingerprint density at radius 3 is 2.20 bits per heavy atom. The number of methoxy groups -OCH3 is 3. The largest absolute Gasteiger partial charge is 0.493 e. The highest BCUT2D eigenvalue weighted by Gasteiger charge is 2.20. The van der Waals surface area contributed by atoms with Crippen molar-refractivity contribution in [3.05, 3.63) is 48.0 Å². The molecule has 0 atom stereocenters. The quantitative estimate of drug-likeness (QED) is 0.557. The second-order valence-corrected chi connectivity index (χ2v) is 6.97. The summed E-state index contributed by atoms with van der Waals surface area (Å²) in [6.45, 7) is 7.17. The third-order valence-corrected chi connectivity index (χ3v) is 5.22. The normalized spacial score (nSPS) is 14.5. The molecule has 1 saturated heterocycles. The van der Waals surface area contributed by atoms with Gasteiger partial charge >= 0.3 is 0 Å². The molecule has 3 rings (SSSR count). The van der Waals surface area contributed by atoms with Crippen molar-refractivity contribution in [2.45, 2.75) is 13.5 Å². The fourth-order valence-corrected chi connectivity index (χ4v) is 3.69. The highest BCUT2D eigenvalue weighted by molar-refractivity contribution is 5.80. The maximum Gasteiger partial charge on any atom is 0.203 e. The maximum atomic E-state index is 5.60. The predicted octanol–water partition coefficient (Wildman–Crippen LogP) is 3.00. The molecule has 0 bridgehead atoms. The molecular formula is C23H32N4O3. The number of nitrogens with one attached hydrogen (secondary N) is 1. The van der Waals surface area contributed by atoms with Gasteiger partial charge in [-0.1, -0.05) is 18.2 Å². The van der Waals surface area contributed by atoms with Crippen LogP contribution in [0.15, 0.2) is 47.5 Å². The van der Waals surface area contributed by atoms with Crippen LogP contribution in [0.4, 0.5) is 5.69 Å². The minimum Gasteiger partial charge on any atom is -0.493 e. The Morgan fingerprint density at radius 2 is 1.60 bits per heavy atom. The summed E-state index contributed by atoms with van der Waals surface area (Å²) < 4.78 is 16.5. The number of hydrogen-bond acceptors (Lipinski definition) is 5. The number of rotatable bonds is 7. The van der Waals surface area contributed by atoms with Gasteiger partial charge < -0.3 is 29.3 Å². The van der Waals surface area contributed by atoms with E-state index in [9.17, 15) is 0 Å². The van der Waals surface area contributed by atoms with Crippen molar-refractivity contribution < 1.29 is 14.2 Å². The molecule has 0 amide bonds. The fourth-order valence-electron chi connectivity index (χ4n) is 3.69. The van der Waals surface area contributed by atoms with E-state index in [4.69, 9.17) is 19.2 Å². The Labute approximate surface area is 179 Å². The van der Waals surface area contributed by atoms with Gasteiger partial charge in [-0.05, 0) is 31.2 Å². The standard InChI is InChI=1S/C23H32N4O3/c1-5-24-23(27-15-13-26(14-16-27)19-9-7-6-8-10-19)25-17-18-11-12-20(28-2)22(30-4)21(18)29-3/h6-12H,5,13-17H2,1-4H3,(H,24,25). The first kappa shape index (κ1) is 21.6. The van der Waals surface area contributed by atoms with E-state index in [-0.39, 0.29) is 0 Å². The van der Waals surface area contributed by atoms with Crippen molar-refractivity contribution in [3.8, 4) is 17.2 Å². The number of hydrogen-bond donors (Lipinski definition) is 1. The second kappa shape index (κ2) is 10.6. The SMILES string of the molecule is CCNC(=NCc1ccc(OC)c(OC)c1OC)N1CCN(c2ccccc2)CC1. The predicted molar refractivity (Wildman–Crippen MR) is 121 cm³/mol. The van der Waals surface area contributed by atoms with E-state index in [1.54, 1.807) is 21.3 Å². The van der Waals surface area contributed by atoms with E-state index in [0.29, 0.717) is 23.8 Å². The molecule has 1 N–H and O–H groups in total. The maximum absolute atomic E-state index is 5.60. The van der Waals surface area contributed by atoms with Crippen LogP contribution in [-0.2, 0) is 6.54 Å². The Kier molecular flexibility index (Phi) is 7.65. The average Bonchev–Trinajstić information content (AvgIpc) is 2.81. The minimum atomic E-state index is 0.491. The molecular weight excluding hydrogens is 380 g/mol. The molecule has 30 heavy (non-hydrogen) atoms. The summed E-state index contributed by atoms with van der Waals surface area (Å²) in [4.78, 5) is 9.61. The van der Waals surface area contributed by atoms with Crippen molar-refractivity contribution in [3.63, 3.8) is 0 Å². The Bertz CT molecular complexity index is 834. The smallest absolute Gasteiger partial charge is 0.203 e. The van der Waals surface area contributed by atoms with Crippen LogP contribution in [0.1, 0.15) is 12.5 Å². The van der Waals surface area contributed by atoms with Gasteiger partial charge in [-0.25, -0.2) is 4.99 Å². The highest BCUT2D eigenvalue weighted by Crippen LogP contribution is 2.40. The first-order valence-corrected chi connectivity index (χ1v) is 10.3. The molecule has 0 unspecified atom stereocenters. The van der Waals surface area contributed by atoms with Crippen molar-refractivity contribution in [1.29, 1.82) is 0 Å². The third kappa shape index (κ3) is 4.90. The van der Waals surface area contributed by atoms with Gasteiger partial charge in [0.1, 0.15) is 0 Å². The van der Waals surface area contributed by atoms with Gasteiger partial charge in [-0.2, -0.15) is 0 Å². The van der Waals surface area contributed by atoms with Gasteiger partial charge in [0.15, 0.2) is 17.5 Å². The Balaban J connectivity index is 1.73. The summed E-state index contributed by atoms with van der Waals surface area (Å²) in [6.07, 6.45) is 0. The van der Waals surface area contributed by atoms with Crippen LogP contribution in [0, 0.1) is 0 Å². The van der Waals surface area contributed by atoms with E-state index in [2.05, 4.69) is 52.4 Å². The van der Waals surface area contributed by atoms with Crippen LogP contribution in [-0.4, -0.2) is 64.9 Å². The number of anilines is 1. The number of nitrogens with zero attached hydrogens (tertiary/aromatic N) is 3. The molecule has 1 aliphatic rings. The molecule has 7 nitrogen and oxygen atoms in total. The number of para-hydroxylation sites is 1. The first-order valence-electron chi connectivity index (χ1n) is 10.3. The summed E-state index contributed by atoms with van der Waals surface area (Å²) >= 11 is 0. The van der Waals surface area contributed by atoms with Crippen molar-refractivity contribution in [2.24, 2.45) is 4.99 Å². The highest BCUT2D eigenvalue weighted by atomic mass is 16.5. The van der Waals surface area contributed by atoms with Gasteiger partial charge in [0.05, 0.1) is 27.9 Å². The number of guanidine groups is 1. The average molecular weight is 413 g/mol. The van der Waals surface area contributed by atoms with Crippen LogP contribution < -0.4 is 24.4 Å². The molecule has 0 radical (unpaired) electrons. The van der Waals surface area contributed by atoms with Gasteiger partial charge in [0.25, 0.3) is 0 Å².